The first-order valence-electron chi connectivity index (χ1n) is 34.2. The Labute approximate surface area is 574 Å². The summed E-state index contributed by atoms with van der Waals surface area (Å²) in [6.07, 6.45) is 6.73. The van der Waals surface area contributed by atoms with E-state index in [1.807, 2.05) is 165 Å². The number of carbonyl (C=O) groups is 4. The van der Waals surface area contributed by atoms with Crippen LogP contribution in [0.15, 0.2) is 182 Å². The first-order chi connectivity index (χ1) is 47.1. The van der Waals surface area contributed by atoms with Crippen LogP contribution in [0.4, 0.5) is 32.3 Å². The lowest BCUT2D eigenvalue weighted by atomic mass is 9.99. The predicted molar refractivity (Wildman–Crippen MR) is 396 cm³/mol. The fourth-order valence-electron chi connectivity index (χ4n) is 12.3. The van der Waals surface area contributed by atoms with Crippen LogP contribution < -0.4 is 41.0 Å². The number of rotatable bonds is 24. The van der Waals surface area contributed by atoms with Crippen molar-refractivity contribution in [3.8, 4) is 33.6 Å². The molecule has 0 aliphatic rings. The summed E-state index contributed by atoms with van der Waals surface area (Å²) < 4.78 is 15.6. The Morgan fingerprint density at radius 3 is 0.959 bits per heavy atom. The summed E-state index contributed by atoms with van der Waals surface area (Å²) in [6, 6.07) is 60.8. The molecule has 0 fully saturated rings. The average molecular weight is 1310 g/mol. The van der Waals surface area contributed by atoms with E-state index in [4.69, 9.17) is 19.4 Å². The molecule has 502 valence electrons. The topological polar surface area (TPSA) is 192 Å². The van der Waals surface area contributed by atoms with Gasteiger partial charge >= 0.3 is 12.2 Å². The van der Waals surface area contributed by atoms with E-state index in [1.54, 1.807) is 0 Å². The largest absolute Gasteiger partial charge is 0.444 e. The Hall–Kier alpha value is -10.7. The molecule has 0 atom stereocenters. The summed E-state index contributed by atoms with van der Waals surface area (Å²) in [6.45, 7) is 22.0. The van der Waals surface area contributed by atoms with E-state index in [2.05, 4.69) is 128 Å². The van der Waals surface area contributed by atoms with E-state index in [9.17, 15) is 19.2 Å². The molecule has 0 saturated carbocycles. The number of nitrogens with zero attached hydrogens (tertiary/aromatic N) is 4. The number of anilines is 4. The van der Waals surface area contributed by atoms with Gasteiger partial charge in [0, 0.05) is 97.2 Å². The first-order valence-corrected chi connectivity index (χ1v) is 34.2. The third-order valence-electron chi connectivity index (χ3n) is 17.3. The summed E-state index contributed by atoms with van der Waals surface area (Å²) in [5.74, 6) is -0.163. The lowest BCUT2D eigenvalue weighted by molar-refractivity contribution is -0.538. The molecule has 2 heterocycles. The number of nitrogens with one attached hydrogen (secondary N) is 6. The van der Waals surface area contributed by atoms with Crippen molar-refractivity contribution in [3.63, 3.8) is 0 Å². The minimum atomic E-state index is -0.628. The number of amides is 4. The summed E-state index contributed by atoms with van der Waals surface area (Å²) in [7, 11) is 0. The molecule has 16 heteroatoms. The van der Waals surface area contributed by atoms with Crippen LogP contribution in [0, 0.1) is 27.7 Å². The van der Waals surface area contributed by atoms with Crippen molar-refractivity contribution in [2.45, 2.75) is 132 Å². The van der Waals surface area contributed by atoms with Crippen molar-refractivity contribution >= 4 is 90.9 Å². The van der Waals surface area contributed by atoms with Gasteiger partial charge in [0.25, 0.3) is 11.8 Å². The average Bonchev–Trinajstić information content (AvgIpc) is 0.753. The first kappa shape index (κ1) is 68.6. The Kier molecular flexibility index (Phi) is 21.4. The van der Waals surface area contributed by atoms with Gasteiger partial charge in [0.15, 0.2) is 0 Å². The predicted octanol–water partition coefficient (Wildman–Crippen LogP) is 17.7. The third-order valence-corrected chi connectivity index (χ3v) is 17.3. The number of aromatic nitrogens is 4. The molecule has 9 aromatic carbocycles. The zero-order chi connectivity index (χ0) is 69.1. The fraction of sp³-hybridized carbons (Fsp3) is 0.293. The van der Waals surface area contributed by atoms with Crippen LogP contribution >= 0.6 is 0 Å². The van der Waals surface area contributed by atoms with E-state index < -0.39 is 23.4 Å². The van der Waals surface area contributed by atoms with Crippen LogP contribution in [0.25, 0.3) is 77.8 Å². The molecule has 6 N–H and O–H groups in total. The smallest absolute Gasteiger partial charge is 0.412 e. The standard InChI is InChI=1S/C82H88N10O6/c1-53-45-69-73(91(63-25-17-15-18-26-63)75-51-67(55(3)47-71(75)87-69)89-79(95)97-81(5,6)7)49-65(53)83-41-21-11-13-23-43-85-77(93)61-37-33-59(34-38-61)57-29-31-58(32-30-57)60-35-39-62(40-36-60)78(94)86-44-24-14-12-22-42-84-66-50-74-70(46-54(66)2)88-72-48-56(4)68(90-80(96)98-82(8,9)10)52-76(72)92(74)64-27-19-16-20-28-64/h15-20,25-40,45-52H,11-14,21-24,41-44H2,1-10H3,(H4,83,84,85,86,89,90,93,94,95,96)/p+2. The van der Waals surface area contributed by atoms with Crippen molar-refractivity contribution in [3.05, 3.63) is 215 Å². The maximum absolute atomic E-state index is 13.2. The molecule has 11 rings (SSSR count). The van der Waals surface area contributed by atoms with E-state index in [-0.39, 0.29) is 11.8 Å². The summed E-state index contributed by atoms with van der Waals surface area (Å²) in [5, 5.41) is 19.5. The van der Waals surface area contributed by atoms with Gasteiger partial charge in [-0.15, -0.1) is 9.13 Å². The number of para-hydroxylation sites is 2. The highest BCUT2D eigenvalue weighted by Gasteiger charge is 2.27. The number of hydrogen-bond donors (Lipinski definition) is 6. The zero-order valence-corrected chi connectivity index (χ0v) is 58.0. The molecule has 0 unspecified atom stereocenters. The highest BCUT2D eigenvalue weighted by Crippen LogP contribution is 2.32. The van der Waals surface area contributed by atoms with Crippen molar-refractivity contribution in [2.24, 2.45) is 0 Å². The highest BCUT2D eigenvalue weighted by molar-refractivity contribution is 5.97. The zero-order valence-electron chi connectivity index (χ0n) is 58.0. The van der Waals surface area contributed by atoms with Crippen LogP contribution in [0.2, 0.25) is 0 Å². The summed E-state index contributed by atoms with van der Waals surface area (Å²) >= 11 is 0. The normalized spacial score (nSPS) is 11.6. The van der Waals surface area contributed by atoms with E-state index in [1.165, 1.54) is 0 Å². The minimum Gasteiger partial charge on any atom is -0.444 e. The van der Waals surface area contributed by atoms with E-state index in [0.29, 0.717) is 35.6 Å². The number of hydrogen-bond acceptors (Lipinski definition) is 10. The Balaban J connectivity index is 0.594. The minimum absolute atomic E-state index is 0.0813. The second-order valence-corrected chi connectivity index (χ2v) is 27.4. The van der Waals surface area contributed by atoms with Crippen LogP contribution in [-0.2, 0) is 9.47 Å². The quantitative estimate of drug-likeness (QED) is 0.0193. The molecule has 0 aliphatic heterocycles. The number of ether oxygens (including phenoxy) is 2. The Morgan fingerprint density at radius 1 is 0.357 bits per heavy atom. The number of aryl methyl sites for hydroxylation is 4. The van der Waals surface area contributed by atoms with Crippen LogP contribution in [0.3, 0.4) is 0 Å². The van der Waals surface area contributed by atoms with Crippen molar-refractivity contribution in [1.82, 2.24) is 20.6 Å². The molecular weight excluding hydrogens is 1220 g/mol. The van der Waals surface area contributed by atoms with Gasteiger partial charge in [-0.1, -0.05) is 111 Å². The molecule has 2 aromatic heterocycles. The molecule has 11 aromatic rings. The number of fused-ring (bicyclic) bond motifs is 4. The van der Waals surface area contributed by atoms with E-state index in [0.717, 1.165) is 176 Å². The molecule has 16 nitrogen and oxygen atoms in total. The van der Waals surface area contributed by atoms with Gasteiger partial charge in [0.2, 0.25) is 33.4 Å². The Bertz CT molecular complexity index is 4400. The molecule has 98 heavy (non-hydrogen) atoms. The highest BCUT2D eigenvalue weighted by atomic mass is 16.6. The molecule has 4 amide bonds. The third kappa shape index (κ3) is 17.3. The van der Waals surface area contributed by atoms with Crippen molar-refractivity contribution in [1.29, 1.82) is 0 Å². The molecule has 0 bridgehead atoms. The second kappa shape index (κ2) is 30.6. The van der Waals surface area contributed by atoms with Gasteiger partial charge in [0.05, 0.1) is 11.4 Å². The molecular formula is C82H90N10O6+2. The molecule has 0 aliphatic carbocycles. The maximum Gasteiger partial charge on any atom is 0.412 e. The second-order valence-electron chi connectivity index (χ2n) is 27.4. The fourth-order valence-corrected chi connectivity index (χ4v) is 12.3. The SMILES string of the molecule is Cc1cc2nc3cc(C)c(NC(=O)OC(C)(C)C)cc3[n+](-c3ccccc3)c2cc1NCCCCCCNC(=O)c1ccc(-c2ccc(-c3ccc(C(=O)NCCCCCCNc4cc5c(cc4C)nc4cc(C)c(NC(=O)OC(C)(C)C)cc4[n+]5-c4ccccc4)cc3)cc2)cc1. The van der Waals surface area contributed by atoms with Gasteiger partial charge in [-0.3, -0.25) is 20.2 Å². The lowest BCUT2D eigenvalue weighted by Crippen LogP contribution is -2.33. The van der Waals surface area contributed by atoms with Gasteiger partial charge in [0.1, 0.15) is 33.3 Å². The van der Waals surface area contributed by atoms with Crippen molar-refractivity contribution in [2.75, 3.05) is 47.4 Å². The number of benzene rings is 9. The van der Waals surface area contributed by atoms with E-state index >= 15 is 0 Å². The van der Waals surface area contributed by atoms with Crippen LogP contribution in [0.1, 0.15) is 136 Å². The van der Waals surface area contributed by atoms with Gasteiger partial charge in [-0.05, 0) is 188 Å². The Morgan fingerprint density at radius 2 is 0.643 bits per heavy atom. The van der Waals surface area contributed by atoms with Gasteiger partial charge < -0.3 is 30.7 Å². The number of unbranched alkanes of at least 4 members (excludes halogenated alkanes) is 6. The van der Waals surface area contributed by atoms with Gasteiger partial charge in [-0.25, -0.2) is 19.6 Å². The van der Waals surface area contributed by atoms with Crippen LogP contribution in [-0.4, -0.2) is 71.3 Å². The van der Waals surface area contributed by atoms with Crippen LogP contribution in [0.5, 0.6) is 0 Å². The summed E-state index contributed by atoms with van der Waals surface area (Å²) in [5.41, 5.74) is 20.5. The van der Waals surface area contributed by atoms with Gasteiger partial charge in [-0.2, -0.15) is 0 Å². The lowest BCUT2D eigenvalue weighted by Gasteiger charge is -2.20. The molecule has 0 saturated heterocycles. The number of carbonyl (C=O) groups excluding carboxylic acids is 4. The van der Waals surface area contributed by atoms with Crippen molar-refractivity contribution < 1.29 is 37.8 Å². The monoisotopic (exact) mass is 1310 g/mol. The summed E-state index contributed by atoms with van der Waals surface area (Å²) in [4.78, 5) is 62.3. The molecule has 0 radical (unpaired) electrons. The molecule has 0 spiro atoms. The maximum atomic E-state index is 13.2.